The van der Waals surface area contributed by atoms with Crippen molar-refractivity contribution in [3.05, 3.63) is 65.0 Å². The topological polar surface area (TPSA) is 21.3 Å². The van der Waals surface area contributed by atoms with Gasteiger partial charge in [0.1, 0.15) is 18.2 Å². The van der Waals surface area contributed by atoms with E-state index in [0.29, 0.717) is 12.6 Å². The third-order valence-corrected chi connectivity index (χ3v) is 3.74. The smallest absolute Gasteiger partial charge is 0.123 e. The molecule has 0 radical (unpaired) electrons. The van der Waals surface area contributed by atoms with Crippen molar-refractivity contribution >= 4 is 0 Å². The maximum Gasteiger partial charge on any atom is 0.123 e. The van der Waals surface area contributed by atoms with Gasteiger partial charge in [0.05, 0.1) is 0 Å². The van der Waals surface area contributed by atoms with Gasteiger partial charge in [-0.1, -0.05) is 25.1 Å². The summed E-state index contributed by atoms with van der Waals surface area (Å²) >= 11 is 0. The molecule has 2 nitrogen and oxygen atoms in total. The molecule has 2 aromatic rings. The highest BCUT2D eigenvalue weighted by atomic mass is 19.1. The van der Waals surface area contributed by atoms with E-state index in [9.17, 15) is 4.39 Å². The van der Waals surface area contributed by atoms with Crippen LogP contribution in [0.5, 0.6) is 5.75 Å². The van der Waals surface area contributed by atoms with Crippen LogP contribution in [0.2, 0.25) is 0 Å². The Bertz CT molecular complexity index is 576. The van der Waals surface area contributed by atoms with Crippen molar-refractivity contribution in [2.45, 2.75) is 32.9 Å². The molecule has 0 aliphatic rings. The number of rotatable bonds is 6. The highest BCUT2D eigenvalue weighted by Crippen LogP contribution is 2.21. The summed E-state index contributed by atoms with van der Waals surface area (Å²) in [5.74, 6) is 0.617. The third kappa shape index (κ3) is 4.05. The number of aryl methyl sites for hydroxylation is 1. The van der Waals surface area contributed by atoms with E-state index in [1.807, 2.05) is 26.1 Å². The van der Waals surface area contributed by atoms with E-state index in [-0.39, 0.29) is 5.82 Å². The second kappa shape index (κ2) is 7.23. The van der Waals surface area contributed by atoms with Crippen LogP contribution in [0, 0.1) is 12.7 Å². The lowest BCUT2D eigenvalue weighted by atomic mass is 10.0. The lowest BCUT2D eigenvalue weighted by Crippen LogP contribution is -2.14. The molecule has 3 heteroatoms. The second-order valence-electron chi connectivity index (χ2n) is 5.18. The molecule has 0 aliphatic heterocycles. The molecule has 1 unspecified atom stereocenters. The van der Waals surface area contributed by atoms with E-state index in [4.69, 9.17) is 4.74 Å². The molecule has 2 rings (SSSR count). The van der Waals surface area contributed by atoms with Crippen molar-refractivity contribution in [2.24, 2.45) is 0 Å². The zero-order valence-electron chi connectivity index (χ0n) is 12.8. The van der Waals surface area contributed by atoms with Gasteiger partial charge in [-0.05, 0) is 61.3 Å². The molecule has 0 bridgehead atoms. The maximum absolute atomic E-state index is 13.1. The van der Waals surface area contributed by atoms with Gasteiger partial charge >= 0.3 is 0 Å². The first-order valence-electron chi connectivity index (χ1n) is 7.29. The van der Waals surface area contributed by atoms with Crippen molar-refractivity contribution in [3.8, 4) is 5.75 Å². The molecule has 0 aliphatic carbocycles. The molecule has 0 saturated carbocycles. The van der Waals surface area contributed by atoms with Crippen LogP contribution in [0.15, 0.2) is 42.5 Å². The molecule has 1 N–H and O–H groups in total. The largest absolute Gasteiger partial charge is 0.489 e. The summed E-state index contributed by atoms with van der Waals surface area (Å²) in [5.41, 5.74) is 3.17. The predicted octanol–water partition coefficient (Wildman–Crippen LogP) is 4.38. The van der Waals surface area contributed by atoms with Gasteiger partial charge in [-0.3, -0.25) is 0 Å². The molecule has 0 fully saturated rings. The van der Waals surface area contributed by atoms with Crippen molar-refractivity contribution in [3.63, 3.8) is 0 Å². The Morgan fingerprint density at radius 2 is 1.86 bits per heavy atom. The lowest BCUT2D eigenvalue weighted by Gasteiger charge is -2.15. The van der Waals surface area contributed by atoms with Gasteiger partial charge < -0.3 is 10.1 Å². The zero-order valence-corrected chi connectivity index (χ0v) is 12.8. The fourth-order valence-electron chi connectivity index (χ4n) is 2.39. The average molecular weight is 287 g/mol. The summed E-state index contributed by atoms with van der Waals surface area (Å²) in [6.45, 7) is 4.50. The molecular weight excluding hydrogens is 265 g/mol. The van der Waals surface area contributed by atoms with Crippen molar-refractivity contribution < 1.29 is 9.13 Å². The summed E-state index contributed by atoms with van der Waals surface area (Å²) in [6.07, 6.45) is 1.05. The van der Waals surface area contributed by atoms with E-state index in [0.717, 1.165) is 23.3 Å². The molecular formula is C18H22FNO. The van der Waals surface area contributed by atoms with Gasteiger partial charge in [0.2, 0.25) is 0 Å². The molecule has 0 aromatic heterocycles. The van der Waals surface area contributed by atoms with E-state index in [1.165, 1.54) is 17.7 Å². The standard InChI is InChI=1S/C18H22FNO/c1-4-18(20-3)14-6-9-17(10-7-14)21-12-15-5-8-16(19)11-13(15)2/h5-11,18,20H,4,12H2,1-3H3. The zero-order chi connectivity index (χ0) is 15.2. The Labute approximate surface area is 126 Å². The number of hydrogen-bond acceptors (Lipinski definition) is 2. The SMILES string of the molecule is CCC(NC)c1ccc(OCc2ccc(F)cc2C)cc1. The van der Waals surface area contributed by atoms with Gasteiger partial charge in [0.15, 0.2) is 0 Å². The molecule has 1 atom stereocenters. The van der Waals surface area contributed by atoms with E-state index in [1.54, 1.807) is 6.07 Å². The summed E-state index contributed by atoms with van der Waals surface area (Å²) < 4.78 is 18.8. The van der Waals surface area contributed by atoms with E-state index in [2.05, 4.69) is 24.4 Å². The summed E-state index contributed by atoms with van der Waals surface area (Å²) in [4.78, 5) is 0. The maximum atomic E-state index is 13.1. The molecule has 112 valence electrons. The summed E-state index contributed by atoms with van der Waals surface area (Å²) in [7, 11) is 1.97. The van der Waals surface area contributed by atoms with Crippen LogP contribution in [-0.4, -0.2) is 7.05 Å². The van der Waals surface area contributed by atoms with Crippen LogP contribution >= 0.6 is 0 Å². The molecule has 21 heavy (non-hydrogen) atoms. The number of hydrogen-bond donors (Lipinski definition) is 1. The van der Waals surface area contributed by atoms with Gasteiger partial charge in [0, 0.05) is 6.04 Å². The van der Waals surface area contributed by atoms with Crippen molar-refractivity contribution in [1.29, 1.82) is 0 Å². The molecule has 0 spiro atoms. The Morgan fingerprint density at radius 3 is 2.43 bits per heavy atom. The van der Waals surface area contributed by atoms with Crippen LogP contribution in [0.1, 0.15) is 36.1 Å². The molecule has 0 heterocycles. The quantitative estimate of drug-likeness (QED) is 0.851. The minimum absolute atomic E-state index is 0.210. The fourth-order valence-corrected chi connectivity index (χ4v) is 2.39. The Kier molecular flexibility index (Phi) is 5.34. The van der Waals surface area contributed by atoms with Gasteiger partial charge in [0.25, 0.3) is 0 Å². The monoisotopic (exact) mass is 287 g/mol. The van der Waals surface area contributed by atoms with Crippen LogP contribution in [0.3, 0.4) is 0 Å². The normalized spacial score (nSPS) is 12.2. The highest BCUT2D eigenvalue weighted by molar-refractivity contribution is 5.30. The number of halogens is 1. The first kappa shape index (κ1) is 15.5. The summed E-state index contributed by atoms with van der Waals surface area (Å²) in [6, 6.07) is 13.3. The van der Waals surface area contributed by atoms with Crippen molar-refractivity contribution in [2.75, 3.05) is 7.05 Å². The fraction of sp³-hybridized carbons (Fsp3) is 0.333. The Hall–Kier alpha value is -1.87. The van der Waals surface area contributed by atoms with Gasteiger partial charge in [-0.2, -0.15) is 0 Å². The molecule has 0 saturated heterocycles. The van der Waals surface area contributed by atoms with Crippen LogP contribution in [0.4, 0.5) is 4.39 Å². The van der Waals surface area contributed by atoms with Crippen LogP contribution < -0.4 is 10.1 Å². The van der Waals surface area contributed by atoms with Crippen molar-refractivity contribution in [1.82, 2.24) is 5.32 Å². The van der Waals surface area contributed by atoms with E-state index < -0.39 is 0 Å². The summed E-state index contributed by atoms with van der Waals surface area (Å²) in [5, 5.41) is 3.28. The number of nitrogens with one attached hydrogen (secondary N) is 1. The molecule has 2 aromatic carbocycles. The lowest BCUT2D eigenvalue weighted by molar-refractivity contribution is 0.305. The van der Waals surface area contributed by atoms with E-state index >= 15 is 0 Å². The Balaban J connectivity index is 2.00. The minimum Gasteiger partial charge on any atom is -0.489 e. The number of benzene rings is 2. The van der Waals surface area contributed by atoms with Crippen LogP contribution in [0.25, 0.3) is 0 Å². The second-order valence-corrected chi connectivity index (χ2v) is 5.18. The molecule has 0 amide bonds. The third-order valence-electron chi connectivity index (χ3n) is 3.74. The first-order chi connectivity index (χ1) is 10.1. The van der Waals surface area contributed by atoms with Gasteiger partial charge in [-0.15, -0.1) is 0 Å². The van der Waals surface area contributed by atoms with Crippen LogP contribution in [-0.2, 0) is 6.61 Å². The highest BCUT2D eigenvalue weighted by Gasteiger charge is 2.06. The minimum atomic E-state index is -0.210. The van der Waals surface area contributed by atoms with Gasteiger partial charge in [-0.25, -0.2) is 4.39 Å². The first-order valence-corrected chi connectivity index (χ1v) is 7.29. The number of ether oxygens (including phenoxy) is 1. The average Bonchev–Trinajstić information content (AvgIpc) is 2.49. The predicted molar refractivity (Wildman–Crippen MR) is 84.0 cm³/mol. The Morgan fingerprint density at radius 1 is 1.14 bits per heavy atom.